The molecule has 106 valence electrons. The average Bonchev–Trinajstić information content (AvgIpc) is 2.37. The fourth-order valence-electron chi connectivity index (χ4n) is 2.12. The van der Waals surface area contributed by atoms with Crippen molar-refractivity contribution < 1.29 is 9.90 Å². The van der Waals surface area contributed by atoms with E-state index in [9.17, 15) is 9.90 Å². The number of urea groups is 1. The second-order valence-corrected chi connectivity index (χ2v) is 5.21. The molecule has 1 aliphatic rings. The second-order valence-electron chi connectivity index (χ2n) is 5.21. The van der Waals surface area contributed by atoms with Crippen LogP contribution >= 0.6 is 0 Å². The number of hydrogen-bond acceptors (Lipinski definition) is 3. The van der Waals surface area contributed by atoms with Gasteiger partial charge in [-0.2, -0.15) is 0 Å². The van der Waals surface area contributed by atoms with Crippen molar-refractivity contribution in [3.8, 4) is 0 Å². The number of aliphatic hydroxyl groups excluding tert-OH is 1. The first-order valence-electron chi connectivity index (χ1n) is 6.95. The van der Waals surface area contributed by atoms with E-state index >= 15 is 0 Å². The van der Waals surface area contributed by atoms with Crippen LogP contribution in [0.3, 0.4) is 0 Å². The zero-order chi connectivity index (χ0) is 13.5. The van der Waals surface area contributed by atoms with Crippen LogP contribution in [0.2, 0.25) is 0 Å². The number of carbonyl (C=O) groups is 1. The maximum absolute atomic E-state index is 11.8. The summed E-state index contributed by atoms with van der Waals surface area (Å²) in [6.07, 6.45) is 2.46. The van der Waals surface area contributed by atoms with E-state index in [1.807, 2.05) is 0 Å². The lowest BCUT2D eigenvalue weighted by Gasteiger charge is -2.30. The van der Waals surface area contributed by atoms with Crippen LogP contribution in [0, 0.1) is 0 Å². The minimum Gasteiger partial charge on any atom is -0.391 e. The van der Waals surface area contributed by atoms with Crippen molar-refractivity contribution in [1.82, 2.24) is 15.1 Å². The van der Waals surface area contributed by atoms with E-state index < -0.39 is 0 Å². The summed E-state index contributed by atoms with van der Waals surface area (Å²) in [4.78, 5) is 15.8. The molecule has 1 aliphatic heterocycles. The van der Waals surface area contributed by atoms with Crippen LogP contribution in [0.25, 0.3) is 0 Å². The van der Waals surface area contributed by atoms with Crippen LogP contribution in [-0.2, 0) is 0 Å². The lowest BCUT2D eigenvalue weighted by atomic mass is 10.1. The number of β-amino-alcohol motifs (C(OH)–C–C–N with tert-alkyl or cyclic N) is 1. The fourth-order valence-corrected chi connectivity index (χ4v) is 2.12. The van der Waals surface area contributed by atoms with Crippen molar-refractivity contribution in [3.05, 3.63) is 0 Å². The van der Waals surface area contributed by atoms with Crippen LogP contribution in [0.5, 0.6) is 0 Å². The summed E-state index contributed by atoms with van der Waals surface area (Å²) in [7, 11) is 2.07. The van der Waals surface area contributed by atoms with Gasteiger partial charge in [-0.15, -0.1) is 0 Å². The molecule has 1 saturated heterocycles. The molecule has 0 bridgehead atoms. The maximum Gasteiger partial charge on any atom is 0.317 e. The normalized spacial score (nSPS) is 22.1. The fraction of sp³-hybridized carbons (Fsp3) is 0.923. The monoisotopic (exact) mass is 257 g/mol. The lowest BCUT2D eigenvalue weighted by Crippen LogP contribution is -2.48. The zero-order valence-corrected chi connectivity index (χ0v) is 11.9. The van der Waals surface area contributed by atoms with Gasteiger partial charge in [0, 0.05) is 32.2 Å². The van der Waals surface area contributed by atoms with Gasteiger partial charge in [-0.05, 0) is 33.2 Å². The molecule has 1 rings (SSSR count). The number of likely N-dealkylation sites (N-methyl/N-ethyl adjacent to an activating group) is 1. The maximum atomic E-state index is 11.8. The number of carbonyl (C=O) groups excluding carboxylic acids is 1. The average molecular weight is 257 g/mol. The topological polar surface area (TPSA) is 55.8 Å². The third-order valence-electron chi connectivity index (χ3n) is 3.77. The molecule has 0 saturated carbocycles. The van der Waals surface area contributed by atoms with Crippen molar-refractivity contribution in [2.45, 2.75) is 45.3 Å². The molecule has 0 spiro atoms. The van der Waals surface area contributed by atoms with E-state index in [-0.39, 0.29) is 12.1 Å². The Balaban J connectivity index is 2.20. The molecule has 1 heterocycles. The highest BCUT2D eigenvalue weighted by Crippen LogP contribution is 2.09. The number of hydrogen-bond donors (Lipinski definition) is 2. The highest BCUT2D eigenvalue weighted by molar-refractivity contribution is 5.74. The first-order valence-corrected chi connectivity index (χ1v) is 6.95. The van der Waals surface area contributed by atoms with Crippen LogP contribution in [-0.4, -0.2) is 66.3 Å². The first-order chi connectivity index (χ1) is 8.54. The van der Waals surface area contributed by atoms with Gasteiger partial charge in [0.25, 0.3) is 0 Å². The minimum atomic E-state index is -0.354. The van der Waals surface area contributed by atoms with Crippen molar-refractivity contribution in [2.75, 3.05) is 33.2 Å². The summed E-state index contributed by atoms with van der Waals surface area (Å²) in [5.74, 6) is 0. The predicted octanol–water partition coefficient (Wildman–Crippen LogP) is 0.883. The third kappa shape index (κ3) is 4.82. The number of rotatable bonds is 5. The number of nitrogens with zero attached hydrogens (tertiary/aromatic N) is 2. The van der Waals surface area contributed by atoms with Gasteiger partial charge in [0.2, 0.25) is 0 Å². The zero-order valence-electron chi connectivity index (χ0n) is 11.9. The number of likely N-dealkylation sites (tertiary alicyclic amines) is 1. The number of aliphatic hydroxyl groups is 1. The smallest absolute Gasteiger partial charge is 0.317 e. The molecule has 2 amide bonds. The Hall–Kier alpha value is -0.810. The van der Waals surface area contributed by atoms with Crippen LogP contribution in [0.4, 0.5) is 4.79 Å². The summed E-state index contributed by atoms with van der Waals surface area (Å²) >= 11 is 0. The molecule has 2 atom stereocenters. The van der Waals surface area contributed by atoms with Gasteiger partial charge in [-0.3, -0.25) is 0 Å². The van der Waals surface area contributed by atoms with Gasteiger partial charge in [-0.25, -0.2) is 4.79 Å². The Morgan fingerprint density at radius 3 is 2.94 bits per heavy atom. The van der Waals surface area contributed by atoms with Crippen molar-refractivity contribution in [3.63, 3.8) is 0 Å². The van der Waals surface area contributed by atoms with E-state index in [1.54, 1.807) is 4.90 Å². The molecular weight excluding hydrogens is 230 g/mol. The molecule has 0 aromatic carbocycles. The van der Waals surface area contributed by atoms with E-state index in [0.717, 1.165) is 32.4 Å². The second kappa shape index (κ2) is 7.59. The number of piperidine rings is 1. The van der Waals surface area contributed by atoms with Crippen molar-refractivity contribution in [2.24, 2.45) is 0 Å². The van der Waals surface area contributed by atoms with Gasteiger partial charge in [0.15, 0.2) is 0 Å². The summed E-state index contributed by atoms with van der Waals surface area (Å²) < 4.78 is 0. The molecule has 0 aliphatic carbocycles. The molecule has 0 aromatic heterocycles. The summed E-state index contributed by atoms with van der Waals surface area (Å²) in [6, 6.07) is 0.491. The van der Waals surface area contributed by atoms with Crippen molar-refractivity contribution >= 4 is 6.03 Å². The first kappa shape index (κ1) is 15.2. The Labute approximate surface area is 110 Å². The van der Waals surface area contributed by atoms with Crippen LogP contribution in [0.15, 0.2) is 0 Å². The summed E-state index contributed by atoms with van der Waals surface area (Å²) in [5, 5.41) is 12.4. The standard InChI is InChI=1S/C13H27N3O2/c1-4-11(2)15(3)9-7-14-13(18)16-8-5-6-12(17)10-16/h11-12,17H,4-10H2,1-3H3,(H,14,18). The molecule has 0 radical (unpaired) electrons. The van der Waals surface area contributed by atoms with Gasteiger partial charge in [-0.1, -0.05) is 6.92 Å². The van der Waals surface area contributed by atoms with E-state index in [2.05, 4.69) is 31.1 Å². The molecular formula is C13H27N3O2. The number of amides is 2. The molecule has 2 N–H and O–H groups in total. The van der Waals surface area contributed by atoms with Crippen LogP contribution < -0.4 is 5.32 Å². The molecule has 2 unspecified atom stereocenters. The van der Waals surface area contributed by atoms with Gasteiger partial charge in [0.05, 0.1) is 6.10 Å². The van der Waals surface area contributed by atoms with Crippen molar-refractivity contribution in [1.29, 1.82) is 0 Å². The minimum absolute atomic E-state index is 0.0497. The molecule has 1 fully saturated rings. The number of nitrogens with one attached hydrogen (secondary N) is 1. The van der Waals surface area contributed by atoms with Crippen LogP contribution in [0.1, 0.15) is 33.1 Å². The lowest BCUT2D eigenvalue weighted by molar-refractivity contribution is 0.0840. The Kier molecular flexibility index (Phi) is 6.43. The largest absolute Gasteiger partial charge is 0.391 e. The van der Waals surface area contributed by atoms with E-state index in [0.29, 0.717) is 19.1 Å². The van der Waals surface area contributed by atoms with Gasteiger partial charge in [0.1, 0.15) is 0 Å². The molecule has 5 nitrogen and oxygen atoms in total. The Morgan fingerprint density at radius 1 is 1.61 bits per heavy atom. The SMILES string of the molecule is CCC(C)N(C)CCNC(=O)N1CCCC(O)C1. The molecule has 5 heteroatoms. The Morgan fingerprint density at radius 2 is 2.33 bits per heavy atom. The van der Waals surface area contributed by atoms with E-state index in [4.69, 9.17) is 0 Å². The highest BCUT2D eigenvalue weighted by atomic mass is 16.3. The van der Waals surface area contributed by atoms with Gasteiger partial charge >= 0.3 is 6.03 Å². The summed E-state index contributed by atoms with van der Waals surface area (Å²) in [6.45, 7) is 7.08. The highest BCUT2D eigenvalue weighted by Gasteiger charge is 2.21. The van der Waals surface area contributed by atoms with Gasteiger partial charge < -0.3 is 20.2 Å². The summed E-state index contributed by atoms with van der Waals surface area (Å²) in [5.41, 5.74) is 0. The van der Waals surface area contributed by atoms with E-state index in [1.165, 1.54) is 0 Å². The third-order valence-corrected chi connectivity index (χ3v) is 3.77. The molecule has 0 aromatic rings. The Bertz CT molecular complexity index is 261. The molecule has 18 heavy (non-hydrogen) atoms. The predicted molar refractivity (Wildman–Crippen MR) is 72.6 cm³/mol. The quantitative estimate of drug-likeness (QED) is 0.769.